The van der Waals surface area contributed by atoms with Crippen molar-refractivity contribution in [2.24, 2.45) is 51.2 Å². The zero-order chi connectivity index (χ0) is 35.9. The first-order chi connectivity index (χ1) is 23.6. The highest BCUT2D eigenvalue weighted by molar-refractivity contribution is 5.88. The fraction of sp³-hybridized carbons (Fsp3) is 0.591. The fourth-order valence-corrected chi connectivity index (χ4v) is 13.3. The molecule has 5 aliphatic carbocycles. The van der Waals surface area contributed by atoms with E-state index in [2.05, 4.69) is 64.8 Å². The van der Waals surface area contributed by atoms with Gasteiger partial charge in [-0.2, -0.15) is 0 Å². The molecule has 6 heteroatoms. The summed E-state index contributed by atoms with van der Waals surface area (Å²) >= 11 is 0. The molecule has 0 saturated heterocycles. The second-order valence-electron chi connectivity index (χ2n) is 18.2. The second-order valence-corrected chi connectivity index (χ2v) is 18.2. The van der Waals surface area contributed by atoms with Crippen LogP contribution >= 0.6 is 0 Å². The summed E-state index contributed by atoms with van der Waals surface area (Å²) in [6, 6.07) is 13.7. The number of amides is 1. The van der Waals surface area contributed by atoms with Crippen LogP contribution < -0.4 is 10.6 Å². The molecule has 7 rings (SSSR count). The van der Waals surface area contributed by atoms with Crippen molar-refractivity contribution in [2.45, 2.75) is 105 Å². The predicted octanol–water partition coefficient (Wildman–Crippen LogP) is 10.2. The fourth-order valence-electron chi connectivity index (χ4n) is 13.3. The van der Waals surface area contributed by atoms with Crippen LogP contribution in [0.25, 0.3) is 5.57 Å². The topological polar surface area (TPSA) is 78.4 Å². The van der Waals surface area contributed by atoms with Crippen LogP contribution in [0.5, 0.6) is 0 Å². The molecule has 0 spiro atoms. The highest BCUT2D eigenvalue weighted by atomic mass is 19.1. The number of fused-ring (bicyclic) bond motifs is 7. The first-order valence-electron chi connectivity index (χ1n) is 19.1. The molecule has 0 aromatic heterocycles. The van der Waals surface area contributed by atoms with Gasteiger partial charge >= 0.3 is 5.97 Å². The molecule has 2 aromatic rings. The van der Waals surface area contributed by atoms with Crippen molar-refractivity contribution in [3.05, 3.63) is 83.7 Å². The van der Waals surface area contributed by atoms with E-state index in [1.807, 2.05) is 12.1 Å². The Morgan fingerprint density at radius 3 is 2.22 bits per heavy atom. The maximum absolute atomic E-state index is 13.6. The number of carbonyl (C=O) groups is 2. The van der Waals surface area contributed by atoms with E-state index in [-0.39, 0.29) is 45.5 Å². The van der Waals surface area contributed by atoms with Crippen molar-refractivity contribution < 1.29 is 19.1 Å². The molecule has 2 aromatic carbocycles. The molecule has 5 aliphatic rings. The Balaban J connectivity index is 1.16. The molecule has 9 atom stereocenters. The number of benzene rings is 2. The largest absolute Gasteiger partial charge is 0.478 e. The van der Waals surface area contributed by atoms with Gasteiger partial charge in [-0.15, -0.1) is 0 Å². The van der Waals surface area contributed by atoms with Gasteiger partial charge < -0.3 is 15.7 Å². The number of aromatic carboxylic acids is 1. The molecule has 268 valence electrons. The average Bonchev–Trinajstić information content (AvgIpc) is 3.44. The third kappa shape index (κ3) is 5.20. The van der Waals surface area contributed by atoms with E-state index in [9.17, 15) is 19.1 Å². The lowest BCUT2D eigenvalue weighted by atomic mass is 9.33. The highest BCUT2D eigenvalue weighted by Gasteiger charge is 2.70. The molecule has 0 heterocycles. The predicted molar refractivity (Wildman–Crippen MR) is 199 cm³/mol. The Labute approximate surface area is 298 Å². The van der Waals surface area contributed by atoms with Crippen molar-refractivity contribution in [3.63, 3.8) is 0 Å². The van der Waals surface area contributed by atoms with Gasteiger partial charge in [-0.3, -0.25) is 4.79 Å². The molecule has 0 aliphatic heterocycles. The lowest BCUT2D eigenvalue weighted by molar-refractivity contribution is -0.219. The summed E-state index contributed by atoms with van der Waals surface area (Å²) in [6.45, 7) is 19.6. The summed E-state index contributed by atoms with van der Waals surface area (Å²) in [7, 11) is 0. The number of rotatable bonds is 7. The van der Waals surface area contributed by atoms with Gasteiger partial charge in [-0.05, 0) is 163 Å². The summed E-state index contributed by atoms with van der Waals surface area (Å²) in [4.78, 5) is 25.2. The van der Waals surface area contributed by atoms with E-state index in [1.54, 1.807) is 24.3 Å². The SMILES string of the molecule is C=C(C)[C@@H]1CC[C@]2(NC(=O)CNc3ccc(F)cc3)CC[C@]3(C)[C@H](CC[C@@H]4[C@@]5(C)CC=C(c6ccc(C(=O)O)cc6)C(C)(C)[C@@H]5CC[C@]43C)[C@@H]12. The number of allylic oxidation sites excluding steroid dienone is 3. The van der Waals surface area contributed by atoms with E-state index >= 15 is 0 Å². The smallest absolute Gasteiger partial charge is 0.335 e. The van der Waals surface area contributed by atoms with Gasteiger partial charge in [0.25, 0.3) is 0 Å². The lowest BCUT2D eigenvalue weighted by Crippen LogP contribution is -2.68. The third-order valence-electron chi connectivity index (χ3n) is 15.8. The van der Waals surface area contributed by atoms with Crippen molar-refractivity contribution in [2.75, 3.05) is 11.9 Å². The molecule has 4 saturated carbocycles. The molecular formula is C44H57FN2O3. The number of hydrogen-bond donors (Lipinski definition) is 3. The highest BCUT2D eigenvalue weighted by Crippen LogP contribution is 2.76. The Morgan fingerprint density at radius 1 is 0.860 bits per heavy atom. The van der Waals surface area contributed by atoms with Crippen LogP contribution in [0, 0.1) is 57.1 Å². The molecule has 0 bridgehead atoms. The van der Waals surface area contributed by atoms with Crippen LogP contribution in [0.4, 0.5) is 10.1 Å². The van der Waals surface area contributed by atoms with Gasteiger partial charge in [0.2, 0.25) is 5.91 Å². The van der Waals surface area contributed by atoms with Crippen LogP contribution in [0.2, 0.25) is 0 Å². The third-order valence-corrected chi connectivity index (χ3v) is 15.8. The Kier molecular flexibility index (Phi) is 8.47. The molecular weight excluding hydrogens is 623 g/mol. The van der Waals surface area contributed by atoms with Gasteiger partial charge in [-0.1, -0.05) is 65.0 Å². The molecule has 1 amide bonds. The molecule has 0 radical (unpaired) electrons. The lowest BCUT2D eigenvalue weighted by Gasteiger charge is -2.72. The number of halogens is 1. The van der Waals surface area contributed by atoms with Gasteiger partial charge in [0.15, 0.2) is 0 Å². The van der Waals surface area contributed by atoms with Crippen molar-refractivity contribution in [3.8, 4) is 0 Å². The van der Waals surface area contributed by atoms with Crippen molar-refractivity contribution in [1.82, 2.24) is 5.32 Å². The second kappa shape index (κ2) is 12.1. The molecule has 5 nitrogen and oxygen atoms in total. The molecule has 4 fully saturated rings. The van der Waals surface area contributed by atoms with Gasteiger partial charge in [0.1, 0.15) is 5.82 Å². The minimum Gasteiger partial charge on any atom is -0.478 e. The quantitative estimate of drug-likeness (QED) is 0.254. The number of anilines is 1. The maximum atomic E-state index is 13.6. The Hall–Kier alpha value is -3.41. The molecule has 0 unspecified atom stereocenters. The molecule has 3 N–H and O–H groups in total. The minimum atomic E-state index is -0.884. The Bertz CT molecular complexity index is 1710. The summed E-state index contributed by atoms with van der Waals surface area (Å²) in [6.07, 6.45) is 12.6. The van der Waals surface area contributed by atoms with Crippen molar-refractivity contribution in [1.29, 1.82) is 0 Å². The van der Waals surface area contributed by atoms with Crippen LogP contribution in [-0.2, 0) is 4.79 Å². The van der Waals surface area contributed by atoms with Gasteiger partial charge in [0.05, 0.1) is 12.1 Å². The summed E-state index contributed by atoms with van der Waals surface area (Å²) in [5.41, 5.74) is 5.12. The van der Waals surface area contributed by atoms with Gasteiger partial charge in [-0.25, -0.2) is 9.18 Å². The van der Waals surface area contributed by atoms with E-state index in [4.69, 9.17) is 0 Å². The summed E-state index contributed by atoms with van der Waals surface area (Å²) in [5, 5.41) is 16.3. The van der Waals surface area contributed by atoms with E-state index in [0.717, 1.165) is 43.4 Å². The van der Waals surface area contributed by atoms with Gasteiger partial charge in [0, 0.05) is 11.2 Å². The van der Waals surface area contributed by atoms with E-state index < -0.39 is 5.97 Å². The van der Waals surface area contributed by atoms with E-state index in [1.165, 1.54) is 49.0 Å². The zero-order valence-electron chi connectivity index (χ0n) is 31.0. The Morgan fingerprint density at radius 2 is 1.56 bits per heavy atom. The first kappa shape index (κ1) is 35.0. The number of carbonyl (C=O) groups excluding carboxylic acids is 1. The van der Waals surface area contributed by atoms with Crippen LogP contribution in [0.15, 0.2) is 66.8 Å². The standard InChI is InChI=1S/C44H57FN2O3/c1-27(2)32-18-23-44(47-37(48)26-46-31-14-12-30(45)13-15-31)25-24-42(6)34(38(32)44)16-17-36-41(5)21-19-33(28-8-10-29(11-9-28)39(49)50)40(3,4)35(41)20-22-43(36,42)7/h8-15,19,32,34-36,38,46H,1,16-18,20-26H2,2-7H3,(H,47,48)(H,49,50)/t32-,34+,35-,36+,38+,41-,42+,43+,44-/m0/s1. The zero-order valence-corrected chi connectivity index (χ0v) is 31.0. The normalized spacial score (nSPS) is 38.4. The summed E-state index contributed by atoms with van der Waals surface area (Å²) < 4.78 is 13.5. The van der Waals surface area contributed by atoms with Crippen LogP contribution in [0.3, 0.4) is 0 Å². The van der Waals surface area contributed by atoms with Crippen molar-refractivity contribution >= 4 is 23.1 Å². The average molecular weight is 681 g/mol. The monoisotopic (exact) mass is 680 g/mol. The number of carboxylic acids is 1. The maximum Gasteiger partial charge on any atom is 0.335 e. The molecule has 50 heavy (non-hydrogen) atoms. The number of hydrogen-bond acceptors (Lipinski definition) is 3. The summed E-state index contributed by atoms with van der Waals surface area (Å²) in [5.74, 6) is 1.29. The minimum absolute atomic E-state index is 0.0165. The van der Waals surface area contributed by atoms with Crippen LogP contribution in [0.1, 0.15) is 115 Å². The van der Waals surface area contributed by atoms with E-state index in [0.29, 0.717) is 35.2 Å². The van der Waals surface area contributed by atoms with Crippen LogP contribution in [-0.4, -0.2) is 29.1 Å². The number of carboxylic acid groups (broad SMARTS) is 1. The first-order valence-corrected chi connectivity index (χ1v) is 19.1. The number of nitrogens with one attached hydrogen (secondary N) is 2.